The molecule has 0 atom stereocenters. The summed E-state index contributed by atoms with van der Waals surface area (Å²) in [7, 11) is 0. The minimum atomic E-state index is 0.520. The van der Waals surface area contributed by atoms with E-state index >= 15 is 0 Å². The minimum absolute atomic E-state index is 0.520. The largest absolute Gasteiger partial charge is 0.369 e. The number of piperazine rings is 1. The first-order valence-electron chi connectivity index (χ1n) is 11.8. The molecule has 3 heterocycles. The number of anilines is 2. The summed E-state index contributed by atoms with van der Waals surface area (Å²) in [5.41, 5.74) is 3.19. The van der Waals surface area contributed by atoms with E-state index in [1.54, 1.807) is 6.33 Å². The Bertz CT molecular complexity index is 956. The Balaban J connectivity index is 1.13. The van der Waals surface area contributed by atoms with Crippen LogP contribution in [0.5, 0.6) is 0 Å². The fraction of sp³-hybridized carbons (Fsp3) is 0.542. The van der Waals surface area contributed by atoms with Gasteiger partial charge in [-0.05, 0) is 37.9 Å². The third-order valence-corrected chi connectivity index (χ3v) is 6.71. The van der Waals surface area contributed by atoms with Crippen molar-refractivity contribution >= 4 is 22.7 Å². The van der Waals surface area contributed by atoms with Crippen molar-refractivity contribution in [2.24, 2.45) is 0 Å². The number of para-hydroxylation sites is 1. The van der Waals surface area contributed by atoms with Crippen LogP contribution in [0.1, 0.15) is 38.5 Å². The third-order valence-electron chi connectivity index (χ3n) is 6.71. The van der Waals surface area contributed by atoms with E-state index in [-0.39, 0.29) is 0 Å². The highest BCUT2D eigenvalue weighted by atomic mass is 15.3. The van der Waals surface area contributed by atoms with Crippen LogP contribution in [-0.4, -0.2) is 63.2 Å². The molecule has 7 heteroatoms. The van der Waals surface area contributed by atoms with Crippen molar-refractivity contribution in [3.8, 4) is 0 Å². The van der Waals surface area contributed by atoms with Crippen molar-refractivity contribution in [1.29, 1.82) is 0 Å². The lowest BCUT2D eigenvalue weighted by Gasteiger charge is -2.36. The van der Waals surface area contributed by atoms with Crippen molar-refractivity contribution in [3.05, 3.63) is 43.0 Å². The van der Waals surface area contributed by atoms with E-state index in [2.05, 4.69) is 65.0 Å². The molecule has 7 nitrogen and oxygen atoms in total. The molecule has 2 aromatic heterocycles. The molecule has 164 valence electrons. The van der Waals surface area contributed by atoms with Crippen LogP contribution < -0.4 is 10.2 Å². The number of nitrogens with one attached hydrogen (secondary N) is 1. The molecule has 1 saturated heterocycles. The summed E-state index contributed by atoms with van der Waals surface area (Å²) in [6.07, 6.45) is 11.1. The van der Waals surface area contributed by atoms with Gasteiger partial charge in [-0.3, -0.25) is 4.90 Å². The van der Waals surface area contributed by atoms with Crippen molar-refractivity contribution in [2.75, 3.05) is 42.9 Å². The number of hydrogen-bond acceptors (Lipinski definition) is 6. The molecule has 2 fully saturated rings. The van der Waals surface area contributed by atoms with Crippen molar-refractivity contribution < 1.29 is 0 Å². The lowest BCUT2D eigenvalue weighted by Crippen LogP contribution is -2.46. The van der Waals surface area contributed by atoms with E-state index < -0.39 is 0 Å². The van der Waals surface area contributed by atoms with Crippen LogP contribution in [0.15, 0.2) is 43.0 Å². The van der Waals surface area contributed by atoms with Gasteiger partial charge in [0.25, 0.3) is 0 Å². The molecule has 2 aliphatic rings. The van der Waals surface area contributed by atoms with Gasteiger partial charge in [0.15, 0.2) is 11.5 Å². The van der Waals surface area contributed by atoms with E-state index in [0.717, 1.165) is 62.7 Å². The molecule has 0 bridgehead atoms. The van der Waals surface area contributed by atoms with Crippen LogP contribution in [0, 0.1) is 0 Å². The molecule has 0 amide bonds. The van der Waals surface area contributed by atoms with E-state index in [9.17, 15) is 0 Å². The van der Waals surface area contributed by atoms with Gasteiger partial charge in [-0.2, -0.15) is 0 Å². The van der Waals surface area contributed by atoms with Gasteiger partial charge < -0.3 is 14.8 Å². The fourth-order valence-corrected chi connectivity index (χ4v) is 4.92. The predicted molar refractivity (Wildman–Crippen MR) is 126 cm³/mol. The standard InChI is InChI=1S/C24H33N7/c1-3-8-20(9-4-1)28-23-22-24(26-18-25-23)31(19-27-22)13-7-12-29-14-16-30(17-15-29)21-10-5-2-6-11-21/h2,5-6,10-11,18-20H,1,3-4,7-9,12-17H2,(H,25,26,28). The summed E-state index contributed by atoms with van der Waals surface area (Å²) >= 11 is 0. The summed E-state index contributed by atoms with van der Waals surface area (Å²) < 4.78 is 2.18. The highest BCUT2D eigenvalue weighted by Crippen LogP contribution is 2.24. The van der Waals surface area contributed by atoms with Crippen LogP contribution in [0.3, 0.4) is 0 Å². The number of aryl methyl sites for hydroxylation is 1. The molecular formula is C24H33N7. The maximum Gasteiger partial charge on any atom is 0.165 e. The summed E-state index contributed by atoms with van der Waals surface area (Å²) in [5, 5.41) is 3.62. The maximum atomic E-state index is 4.65. The lowest BCUT2D eigenvalue weighted by atomic mass is 9.95. The normalized spacial score (nSPS) is 18.5. The molecule has 3 aromatic rings. The second-order valence-electron chi connectivity index (χ2n) is 8.83. The Labute approximate surface area is 184 Å². The molecule has 5 rings (SSSR count). The molecule has 1 N–H and O–H groups in total. The quantitative estimate of drug-likeness (QED) is 0.629. The van der Waals surface area contributed by atoms with Gasteiger partial charge in [-0.1, -0.05) is 37.5 Å². The molecule has 0 unspecified atom stereocenters. The first-order valence-corrected chi connectivity index (χ1v) is 11.8. The topological polar surface area (TPSA) is 62.1 Å². The van der Waals surface area contributed by atoms with Gasteiger partial charge >= 0.3 is 0 Å². The van der Waals surface area contributed by atoms with Crippen LogP contribution in [0.4, 0.5) is 11.5 Å². The van der Waals surface area contributed by atoms with E-state index in [4.69, 9.17) is 0 Å². The Hall–Kier alpha value is -2.67. The number of benzene rings is 1. The first kappa shape index (κ1) is 20.2. The highest BCUT2D eigenvalue weighted by molar-refractivity contribution is 5.82. The second kappa shape index (κ2) is 9.64. The average molecular weight is 420 g/mol. The zero-order valence-corrected chi connectivity index (χ0v) is 18.3. The average Bonchev–Trinajstić information content (AvgIpc) is 3.25. The number of nitrogens with zero attached hydrogens (tertiary/aromatic N) is 6. The Morgan fingerprint density at radius 3 is 2.48 bits per heavy atom. The fourth-order valence-electron chi connectivity index (χ4n) is 4.92. The predicted octanol–water partition coefficient (Wildman–Crippen LogP) is 3.78. The zero-order chi connectivity index (χ0) is 20.9. The van der Waals surface area contributed by atoms with Crippen LogP contribution >= 0.6 is 0 Å². The van der Waals surface area contributed by atoms with Crippen LogP contribution in [-0.2, 0) is 6.54 Å². The summed E-state index contributed by atoms with van der Waals surface area (Å²) in [5.74, 6) is 0.896. The number of aromatic nitrogens is 4. The molecule has 1 saturated carbocycles. The summed E-state index contributed by atoms with van der Waals surface area (Å²) in [6.45, 7) is 6.49. The SMILES string of the molecule is c1ccc(N2CCN(CCCn3cnc4c(NC5CCCCC5)ncnc43)CC2)cc1. The maximum absolute atomic E-state index is 4.65. The smallest absolute Gasteiger partial charge is 0.165 e. The van der Waals surface area contributed by atoms with E-state index in [1.807, 2.05) is 6.33 Å². The van der Waals surface area contributed by atoms with Gasteiger partial charge in [0, 0.05) is 44.5 Å². The van der Waals surface area contributed by atoms with Crippen molar-refractivity contribution in [1.82, 2.24) is 24.4 Å². The Morgan fingerprint density at radius 2 is 1.68 bits per heavy atom. The zero-order valence-electron chi connectivity index (χ0n) is 18.3. The number of fused-ring (bicyclic) bond motifs is 1. The molecule has 0 spiro atoms. The molecule has 1 aliphatic heterocycles. The van der Waals surface area contributed by atoms with Crippen molar-refractivity contribution in [2.45, 2.75) is 51.1 Å². The van der Waals surface area contributed by atoms with Crippen LogP contribution in [0.25, 0.3) is 11.2 Å². The van der Waals surface area contributed by atoms with Crippen LogP contribution in [0.2, 0.25) is 0 Å². The van der Waals surface area contributed by atoms with Gasteiger partial charge in [0.05, 0.1) is 6.33 Å². The molecule has 31 heavy (non-hydrogen) atoms. The highest BCUT2D eigenvalue weighted by Gasteiger charge is 2.18. The number of hydrogen-bond donors (Lipinski definition) is 1. The number of imidazole rings is 1. The van der Waals surface area contributed by atoms with Gasteiger partial charge in [0.1, 0.15) is 11.8 Å². The van der Waals surface area contributed by atoms with E-state index in [0.29, 0.717) is 6.04 Å². The summed E-state index contributed by atoms with van der Waals surface area (Å²) in [6, 6.07) is 11.3. The first-order chi connectivity index (χ1) is 15.4. The minimum Gasteiger partial charge on any atom is -0.369 e. The van der Waals surface area contributed by atoms with E-state index in [1.165, 1.54) is 37.8 Å². The molecule has 1 aliphatic carbocycles. The Morgan fingerprint density at radius 1 is 0.871 bits per heavy atom. The van der Waals surface area contributed by atoms with Crippen molar-refractivity contribution in [3.63, 3.8) is 0 Å². The van der Waals surface area contributed by atoms with Gasteiger partial charge in [-0.25, -0.2) is 15.0 Å². The third kappa shape index (κ3) is 4.82. The second-order valence-corrected chi connectivity index (χ2v) is 8.83. The van der Waals surface area contributed by atoms with Gasteiger partial charge in [0.2, 0.25) is 0 Å². The Kier molecular flexibility index (Phi) is 6.30. The number of rotatable bonds is 7. The molecular weight excluding hydrogens is 386 g/mol. The van der Waals surface area contributed by atoms with Gasteiger partial charge in [-0.15, -0.1) is 0 Å². The molecule has 0 radical (unpaired) electrons. The summed E-state index contributed by atoms with van der Waals surface area (Å²) in [4.78, 5) is 18.7. The lowest BCUT2D eigenvalue weighted by molar-refractivity contribution is 0.251. The monoisotopic (exact) mass is 419 g/mol. The molecule has 1 aromatic carbocycles.